The topological polar surface area (TPSA) is 58.5 Å². The summed E-state index contributed by atoms with van der Waals surface area (Å²) in [7, 11) is 0. The van der Waals surface area contributed by atoms with E-state index in [9.17, 15) is 4.79 Å². The number of thioether (sulfide) groups is 1. The number of aliphatic imine (C=N–C) groups is 1. The van der Waals surface area contributed by atoms with Crippen LogP contribution in [0, 0.1) is 0 Å². The van der Waals surface area contributed by atoms with E-state index in [1.54, 1.807) is 30.9 Å². The minimum atomic E-state index is 0.0210. The predicted octanol–water partition coefficient (Wildman–Crippen LogP) is 5.07. The molecule has 7 heteroatoms. The van der Waals surface area contributed by atoms with Crippen molar-refractivity contribution in [3.63, 3.8) is 0 Å². The third kappa shape index (κ3) is 4.06. The Morgan fingerprint density at radius 2 is 1.85 bits per heavy atom. The maximum Gasteiger partial charge on any atom is 0.267 e. The quantitative estimate of drug-likeness (QED) is 0.677. The van der Waals surface area contributed by atoms with Gasteiger partial charge in [-0.1, -0.05) is 30.9 Å². The van der Waals surface area contributed by atoms with Crippen molar-refractivity contribution in [3.05, 3.63) is 58.5 Å². The van der Waals surface area contributed by atoms with E-state index in [0.29, 0.717) is 20.8 Å². The van der Waals surface area contributed by atoms with Crippen molar-refractivity contribution in [1.29, 1.82) is 0 Å². The summed E-state index contributed by atoms with van der Waals surface area (Å²) in [5.74, 6) is 0.0210. The first-order valence-electron chi connectivity index (χ1n) is 9.04. The Morgan fingerprint density at radius 1 is 1.11 bits per heavy atom. The summed E-state index contributed by atoms with van der Waals surface area (Å²) in [4.78, 5) is 28.5. The molecule has 138 valence electrons. The van der Waals surface area contributed by atoms with Crippen LogP contribution >= 0.6 is 23.4 Å². The third-order valence-corrected chi connectivity index (χ3v) is 6.02. The molecule has 0 spiro atoms. The molecule has 0 aromatic carbocycles. The highest BCUT2D eigenvalue weighted by Crippen LogP contribution is 2.39. The molecule has 2 fully saturated rings. The van der Waals surface area contributed by atoms with Gasteiger partial charge in [0.2, 0.25) is 0 Å². The van der Waals surface area contributed by atoms with Crippen LogP contribution in [0.2, 0.25) is 5.02 Å². The second kappa shape index (κ2) is 8.23. The minimum absolute atomic E-state index is 0.0210. The number of nitrogens with zero attached hydrogens (tertiary/aromatic N) is 4. The van der Waals surface area contributed by atoms with E-state index in [2.05, 4.69) is 9.97 Å². The van der Waals surface area contributed by atoms with E-state index >= 15 is 0 Å². The SMILES string of the molecule is O=C1/C(=C/c2ccncc2)SC(=Nc2ccncc2Cl)N1C1CCCCC1. The van der Waals surface area contributed by atoms with E-state index in [0.717, 1.165) is 31.2 Å². The van der Waals surface area contributed by atoms with Gasteiger partial charge in [0.1, 0.15) is 0 Å². The van der Waals surface area contributed by atoms with Crippen LogP contribution in [0.3, 0.4) is 0 Å². The second-order valence-electron chi connectivity index (χ2n) is 6.58. The maximum atomic E-state index is 13.2. The zero-order valence-corrected chi connectivity index (χ0v) is 16.3. The number of carbonyl (C=O) groups is 1. The molecule has 0 unspecified atom stereocenters. The number of carbonyl (C=O) groups excluding carboxylic acids is 1. The zero-order valence-electron chi connectivity index (χ0n) is 14.7. The number of rotatable bonds is 3. The number of amides is 1. The molecule has 2 aliphatic rings. The van der Waals surface area contributed by atoms with Gasteiger partial charge in [0, 0.05) is 30.8 Å². The van der Waals surface area contributed by atoms with Gasteiger partial charge in [-0.2, -0.15) is 0 Å². The fourth-order valence-corrected chi connectivity index (χ4v) is 4.61. The van der Waals surface area contributed by atoms with Crippen molar-refractivity contribution in [3.8, 4) is 0 Å². The molecule has 0 radical (unpaired) electrons. The summed E-state index contributed by atoms with van der Waals surface area (Å²) in [6.45, 7) is 0. The number of pyridine rings is 2. The number of aromatic nitrogens is 2. The Morgan fingerprint density at radius 3 is 2.59 bits per heavy atom. The summed E-state index contributed by atoms with van der Waals surface area (Å²) < 4.78 is 0. The lowest BCUT2D eigenvalue weighted by Crippen LogP contribution is -2.40. The number of hydrogen-bond donors (Lipinski definition) is 0. The molecule has 2 aromatic heterocycles. The molecule has 1 amide bonds. The van der Waals surface area contributed by atoms with Gasteiger partial charge in [-0.3, -0.25) is 19.7 Å². The Hall–Kier alpha value is -2.18. The Labute approximate surface area is 167 Å². The van der Waals surface area contributed by atoms with E-state index in [4.69, 9.17) is 16.6 Å². The molecule has 27 heavy (non-hydrogen) atoms. The van der Waals surface area contributed by atoms with Gasteiger partial charge in [0.05, 0.1) is 15.6 Å². The zero-order chi connectivity index (χ0) is 18.6. The lowest BCUT2D eigenvalue weighted by molar-refractivity contribution is -0.124. The summed E-state index contributed by atoms with van der Waals surface area (Å²) >= 11 is 7.64. The van der Waals surface area contributed by atoms with E-state index < -0.39 is 0 Å². The molecular formula is C20H19ClN4OS. The van der Waals surface area contributed by atoms with Crippen molar-refractivity contribution in [2.45, 2.75) is 38.1 Å². The smallest absolute Gasteiger partial charge is 0.267 e. The average Bonchev–Trinajstić information content (AvgIpc) is 3.00. The van der Waals surface area contributed by atoms with Gasteiger partial charge in [-0.15, -0.1) is 0 Å². The highest BCUT2D eigenvalue weighted by atomic mass is 35.5. The van der Waals surface area contributed by atoms with Crippen LogP contribution in [0.25, 0.3) is 6.08 Å². The molecule has 5 nitrogen and oxygen atoms in total. The summed E-state index contributed by atoms with van der Waals surface area (Å²) in [5.41, 5.74) is 1.58. The number of halogens is 1. The molecule has 0 bridgehead atoms. The average molecular weight is 399 g/mol. The molecule has 1 aliphatic heterocycles. The first-order valence-corrected chi connectivity index (χ1v) is 10.2. The van der Waals surface area contributed by atoms with Crippen LogP contribution in [-0.4, -0.2) is 32.0 Å². The Kier molecular flexibility index (Phi) is 5.55. The largest absolute Gasteiger partial charge is 0.283 e. The first-order chi connectivity index (χ1) is 13.2. The van der Waals surface area contributed by atoms with Gasteiger partial charge >= 0.3 is 0 Å². The standard InChI is InChI=1S/C20H19ClN4OS/c21-16-13-23-11-8-17(16)24-20-25(15-4-2-1-3-5-15)19(26)18(27-20)12-14-6-9-22-10-7-14/h6-13,15H,1-5H2/b18-12-,24-20?. The van der Waals surface area contributed by atoms with Gasteiger partial charge in [0.25, 0.3) is 5.91 Å². The summed E-state index contributed by atoms with van der Waals surface area (Å²) in [6, 6.07) is 5.74. The predicted molar refractivity (Wildman–Crippen MR) is 110 cm³/mol. The molecule has 4 rings (SSSR count). The fraction of sp³-hybridized carbons (Fsp3) is 0.300. The van der Waals surface area contributed by atoms with Gasteiger partial charge in [-0.25, -0.2) is 4.99 Å². The van der Waals surface area contributed by atoms with Crippen molar-refractivity contribution in [2.75, 3.05) is 0 Å². The normalized spacial score (nSPS) is 21.4. The van der Waals surface area contributed by atoms with Gasteiger partial charge in [-0.05, 0) is 54.4 Å². The van der Waals surface area contributed by atoms with Crippen LogP contribution in [0.4, 0.5) is 5.69 Å². The van der Waals surface area contributed by atoms with Crippen molar-refractivity contribution >= 4 is 46.2 Å². The van der Waals surface area contributed by atoms with Gasteiger partial charge < -0.3 is 0 Å². The lowest BCUT2D eigenvalue weighted by atomic mass is 9.94. The lowest BCUT2D eigenvalue weighted by Gasteiger charge is -2.30. The molecular weight excluding hydrogens is 380 g/mol. The maximum absolute atomic E-state index is 13.2. The Balaban J connectivity index is 1.72. The van der Waals surface area contributed by atoms with Crippen molar-refractivity contribution < 1.29 is 4.79 Å². The van der Waals surface area contributed by atoms with Crippen molar-refractivity contribution in [2.24, 2.45) is 4.99 Å². The molecule has 1 aliphatic carbocycles. The summed E-state index contributed by atoms with van der Waals surface area (Å²) in [6.07, 6.45) is 14.1. The monoisotopic (exact) mass is 398 g/mol. The molecule has 2 aromatic rings. The molecule has 3 heterocycles. The highest BCUT2D eigenvalue weighted by molar-refractivity contribution is 8.18. The van der Waals surface area contributed by atoms with E-state index in [1.807, 2.05) is 23.1 Å². The fourth-order valence-electron chi connectivity index (χ4n) is 3.40. The minimum Gasteiger partial charge on any atom is -0.283 e. The van der Waals surface area contributed by atoms with E-state index in [1.165, 1.54) is 18.2 Å². The third-order valence-electron chi connectivity index (χ3n) is 4.75. The molecule has 1 saturated carbocycles. The van der Waals surface area contributed by atoms with Crippen LogP contribution in [-0.2, 0) is 4.79 Å². The van der Waals surface area contributed by atoms with Gasteiger partial charge in [0.15, 0.2) is 5.17 Å². The van der Waals surface area contributed by atoms with Crippen LogP contribution in [0.15, 0.2) is 52.9 Å². The molecule has 1 saturated heterocycles. The molecule has 0 atom stereocenters. The van der Waals surface area contributed by atoms with Crippen molar-refractivity contribution in [1.82, 2.24) is 14.9 Å². The summed E-state index contributed by atoms with van der Waals surface area (Å²) in [5, 5.41) is 1.17. The number of hydrogen-bond acceptors (Lipinski definition) is 5. The van der Waals surface area contributed by atoms with Crippen LogP contribution in [0.5, 0.6) is 0 Å². The van der Waals surface area contributed by atoms with E-state index in [-0.39, 0.29) is 11.9 Å². The second-order valence-corrected chi connectivity index (χ2v) is 8.00. The number of amidine groups is 1. The first kappa shape index (κ1) is 18.2. The van der Waals surface area contributed by atoms with Crippen LogP contribution in [0.1, 0.15) is 37.7 Å². The van der Waals surface area contributed by atoms with Crippen LogP contribution < -0.4 is 0 Å². The highest BCUT2D eigenvalue weighted by Gasteiger charge is 2.38. The molecule has 0 N–H and O–H groups in total. The Bertz CT molecular complexity index is 894.